The van der Waals surface area contributed by atoms with Crippen LogP contribution < -0.4 is 0 Å². The number of halogens is 1. The highest BCUT2D eigenvalue weighted by atomic mass is 79.9. The number of alkyl halides is 1. The zero-order valence-corrected chi connectivity index (χ0v) is 12.2. The Morgan fingerprint density at radius 1 is 0.750 bits per heavy atom. The maximum absolute atomic E-state index is 4.50. The molecule has 3 rings (SSSR count). The second-order valence-corrected chi connectivity index (χ2v) is 4.68. The Morgan fingerprint density at radius 2 is 1.30 bits per heavy atom. The fourth-order valence-electron chi connectivity index (χ4n) is 1.85. The van der Waals surface area contributed by atoms with Crippen LogP contribution in [0.4, 0.5) is 0 Å². The van der Waals surface area contributed by atoms with Gasteiger partial charge in [0.1, 0.15) is 5.82 Å². The standard InChI is InChI=1S/C15H11BrN4/c16-10-15-19-13(11-5-1-3-7-17-11)9-14(20-15)12-6-2-4-8-18-12/h1-9H,10H2. The van der Waals surface area contributed by atoms with Gasteiger partial charge in [-0.3, -0.25) is 9.97 Å². The zero-order chi connectivity index (χ0) is 13.8. The molecule has 0 aliphatic carbocycles. The first-order chi connectivity index (χ1) is 9.86. The van der Waals surface area contributed by atoms with Crippen molar-refractivity contribution >= 4 is 15.9 Å². The van der Waals surface area contributed by atoms with E-state index in [1.165, 1.54) is 0 Å². The molecule has 3 aromatic heterocycles. The van der Waals surface area contributed by atoms with E-state index in [0.29, 0.717) is 11.2 Å². The molecule has 0 spiro atoms. The van der Waals surface area contributed by atoms with Crippen molar-refractivity contribution in [2.24, 2.45) is 0 Å². The molecule has 0 atom stereocenters. The number of hydrogen-bond donors (Lipinski definition) is 0. The molecule has 20 heavy (non-hydrogen) atoms. The summed E-state index contributed by atoms with van der Waals surface area (Å²) in [5.41, 5.74) is 3.26. The number of nitrogens with zero attached hydrogens (tertiary/aromatic N) is 4. The lowest BCUT2D eigenvalue weighted by atomic mass is 10.2. The van der Waals surface area contributed by atoms with Crippen molar-refractivity contribution in [3.63, 3.8) is 0 Å². The third-order valence-electron chi connectivity index (χ3n) is 2.75. The Balaban J connectivity index is 2.13. The molecule has 0 saturated heterocycles. The monoisotopic (exact) mass is 326 g/mol. The number of hydrogen-bond acceptors (Lipinski definition) is 4. The van der Waals surface area contributed by atoms with E-state index in [-0.39, 0.29) is 0 Å². The lowest BCUT2D eigenvalue weighted by molar-refractivity contribution is 1.04. The maximum atomic E-state index is 4.50. The Labute approximate surface area is 125 Å². The van der Waals surface area contributed by atoms with Crippen LogP contribution in [-0.2, 0) is 5.33 Å². The average Bonchev–Trinajstić information content (AvgIpc) is 2.56. The van der Waals surface area contributed by atoms with Gasteiger partial charge in [0.2, 0.25) is 0 Å². The number of pyridine rings is 2. The van der Waals surface area contributed by atoms with Crippen molar-refractivity contribution in [2.75, 3.05) is 0 Å². The lowest BCUT2D eigenvalue weighted by Crippen LogP contribution is -1.98. The summed E-state index contributed by atoms with van der Waals surface area (Å²) in [6.45, 7) is 0. The van der Waals surface area contributed by atoms with Gasteiger partial charge in [-0.1, -0.05) is 28.1 Å². The minimum atomic E-state index is 0.591. The predicted molar refractivity (Wildman–Crippen MR) is 81.1 cm³/mol. The van der Waals surface area contributed by atoms with Crippen LogP contribution in [0.25, 0.3) is 22.8 Å². The van der Waals surface area contributed by atoms with Gasteiger partial charge in [-0.2, -0.15) is 0 Å². The summed E-state index contributed by atoms with van der Waals surface area (Å²) in [6.07, 6.45) is 3.51. The van der Waals surface area contributed by atoms with Crippen molar-refractivity contribution in [1.82, 2.24) is 19.9 Å². The first-order valence-electron chi connectivity index (χ1n) is 6.13. The van der Waals surface area contributed by atoms with Gasteiger partial charge in [0.05, 0.1) is 28.1 Å². The summed E-state index contributed by atoms with van der Waals surface area (Å²) in [6, 6.07) is 13.4. The van der Waals surface area contributed by atoms with Gasteiger partial charge in [0, 0.05) is 12.4 Å². The van der Waals surface area contributed by atoms with Crippen LogP contribution in [0.15, 0.2) is 54.9 Å². The third kappa shape index (κ3) is 2.72. The molecule has 0 aliphatic rings. The molecule has 0 bridgehead atoms. The fraction of sp³-hybridized carbons (Fsp3) is 0.0667. The van der Waals surface area contributed by atoms with E-state index < -0.39 is 0 Å². The summed E-state index contributed by atoms with van der Waals surface area (Å²) in [4.78, 5) is 17.7. The van der Waals surface area contributed by atoms with E-state index in [9.17, 15) is 0 Å². The number of aromatic nitrogens is 4. The van der Waals surface area contributed by atoms with Gasteiger partial charge >= 0.3 is 0 Å². The first-order valence-corrected chi connectivity index (χ1v) is 7.26. The second kappa shape index (κ2) is 5.88. The molecule has 0 saturated carbocycles. The average molecular weight is 327 g/mol. The highest BCUT2D eigenvalue weighted by molar-refractivity contribution is 9.08. The van der Waals surface area contributed by atoms with Crippen molar-refractivity contribution in [3.8, 4) is 22.8 Å². The van der Waals surface area contributed by atoms with Gasteiger partial charge in [0.15, 0.2) is 0 Å². The SMILES string of the molecule is BrCc1nc(-c2ccccn2)cc(-c2ccccn2)n1. The van der Waals surface area contributed by atoms with Crippen LogP contribution in [0.2, 0.25) is 0 Å². The summed E-state index contributed by atoms with van der Waals surface area (Å²) < 4.78 is 0. The highest BCUT2D eigenvalue weighted by Gasteiger charge is 2.09. The molecule has 0 radical (unpaired) electrons. The molecule has 5 heteroatoms. The molecule has 3 heterocycles. The van der Waals surface area contributed by atoms with E-state index in [0.717, 1.165) is 22.8 Å². The van der Waals surface area contributed by atoms with Crippen LogP contribution in [0, 0.1) is 0 Å². The minimum absolute atomic E-state index is 0.591. The molecule has 3 aromatic rings. The summed E-state index contributed by atoms with van der Waals surface area (Å²) in [7, 11) is 0. The largest absolute Gasteiger partial charge is 0.255 e. The van der Waals surface area contributed by atoms with Gasteiger partial charge < -0.3 is 0 Å². The Hall–Kier alpha value is -2.14. The Bertz CT molecular complexity index is 644. The summed E-state index contributed by atoms with van der Waals surface area (Å²) in [5, 5.41) is 0.591. The van der Waals surface area contributed by atoms with Crippen molar-refractivity contribution in [2.45, 2.75) is 5.33 Å². The van der Waals surface area contributed by atoms with Crippen LogP contribution in [0.5, 0.6) is 0 Å². The quantitative estimate of drug-likeness (QED) is 0.691. The van der Waals surface area contributed by atoms with E-state index >= 15 is 0 Å². The third-order valence-corrected chi connectivity index (χ3v) is 3.25. The Morgan fingerprint density at radius 3 is 1.70 bits per heavy atom. The predicted octanol–water partition coefficient (Wildman–Crippen LogP) is 3.50. The molecule has 0 aliphatic heterocycles. The smallest absolute Gasteiger partial charge is 0.140 e. The van der Waals surface area contributed by atoms with E-state index in [4.69, 9.17) is 0 Å². The minimum Gasteiger partial charge on any atom is -0.255 e. The molecule has 4 nitrogen and oxygen atoms in total. The molecule has 0 amide bonds. The molecule has 0 unspecified atom stereocenters. The number of rotatable bonds is 3. The Kier molecular flexibility index (Phi) is 3.78. The molecule has 0 fully saturated rings. The molecular formula is C15H11BrN4. The normalized spacial score (nSPS) is 10.4. The van der Waals surface area contributed by atoms with Gasteiger partial charge in [-0.05, 0) is 30.3 Å². The van der Waals surface area contributed by atoms with E-state index in [1.807, 2.05) is 42.5 Å². The molecule has 0 aromatic carbocycles. The van der Waals surface area contributed by atoms with Crippen molar-refractivity contribution in [3.05, 3.63) is 60.7 Å². The van der Waals surface area contributed by atoms with Gasteiger partial charge in [0.25, 0.3) is 0 Å². The van der Waals surface area contributed by atoms with Gasteiger partial charge in [-0.15, -0.1) is 0 Å². The van der Waals surface area contributed by atoms with E-state index in [1.54, 1.807) is 12.4 Å². The highest BCUT2D eigenvalue weighted by Crippen LogP contribution is 2.21. The van der Waals surface area contributed by atoms with Crippen LogP contribution >= 0.6 is 15.9 Å². The lowest BCUT2D eigenvalue weighted by Gasteiger charge is -2.06. The van der Waals surface area contributed by atoms with Crippen LogP contribution in [-0.4, -0.2) is 19.9 Å². The molecule has 0 N–H and O–H groups in total. The maximum Gasteiger partial charge on any atom is 0.140 e. The molecular weight excluding hydrogens is 316 g/mol. The second-order valence-electron chi connectivity index (χ2n) is 4.12. The fourth-order valence-corrected chi connectivity index (χ4v) is 2.10. The first kappa shape index (κ1) is 12.9. The van der Waals surface area contributed by atoms with Gasteiger partial charge in [-0.25, -0.2) is 9.97 Å². The summed E-state index contributed by atoms with van der Waals surface area (Å²) in [5.74, 6) is 0.716. The van der Waals surface area contributed by atoms with Crippen LogP contribution in [0.1, 0.15) is 5.82 Å². The van der Waals surface area contributed by atoms with Crippen molar-refractivity contribution in [1.29, 1.82) is 0 Å². The zero-order valence-electron chi connectivity index (χ0n) is 10.6. The topological polar surface area (TPSA) is 51.6 Å². The van der Waals surface area contributed by atoms with Crippen LogP contribution in [0.3, 0.4) is 0 Å². The van der Waals surface area contributed by atoms with E-state index in [2.05, 4.69) is 35.9 Å². The summed E-state index contributed by atoms with van der Waals surface area (Å²) >= 11 is 3.41. The molecule has 98 valence electrons. The van der Waals surface area contributed by atoms with Crippen molar-refractivity contribution < 1.29 is 0 Å².